The lowest BCUT2D eigenvalue weighted by atomic mass is 10.0. The Morgan fingerprint density at radius 2 is 0.944 bits per heavy atom. The number of allylic oxidation sites excluding steroid dienone is 11. The van der Waals surface area contributed by atoms with Gasteiger partial charge in [-0.25, -0.2) is 0 Å². The minimum absolute atomic E-state index is 0.0284. The second-order valence-corrected chi connectivity index (χ2v) is 22.6. The zero-order valence-electron chi connectivity index (χ0n) is 47.6. The third-order valence-electron chi connectivity index (χ3n) is 12.9. The molecule has 0 saturated carbocycles. The largest absolute Gasteiger partial charge is 0.756 e. The van der Waals surface area contributed by atoms with Gasteiger partial charge in [0.05, 0.1) is 33.8 Å². The maximum atomic E-state index is 13.5. The van der Waals surface area contributed by atoms with Gasteiger partial charge in [-0.3, -0.25) is 14.2 Å². The summed E-state index contributed by atoms with van der Waals surface area (Å²) in [6.07, 6.45) is 65.8. The molecule has 0 heterocycles. The minimum Gasteiger partial charge on any atom is -0.756 e. The molecule has 72 heavy (non-hydrogen) atoms. The van der Waals surface area contributed by atoms with Crippen molar-refractivity contribution in [3.8, 4) is 0 Å². The van der Waals surface area contributed by atoms with Gasteiger partial charge in [0, 0.05) is 12.8 Å². The molecule has 0 aliphatic heterocycles. The lowest BCUT2D eigenvalue weighted by molar-refractivity contribution is -0.870. The number of ether oxygens (including phenoxy) is 1. The Bertz CT molecular complexity index is 1460. The Kier molecular flexibility index (Phi) is 50.1. The summed E-state index contributed by atoms with van der Waals surface area (Å²) in [6, 6.07) is -0.899. The van der Waals surface area contributed by atoms with E-state index >= 15 is 0 Å². The lowest BCUT2D eigenvalue weighted by Gasteiger charge is -2.30. The lowest BCUT2D eigenvalue weighted by Crippen LogP contribution is -2.47. The van der Waals surface area contributed by atoms with Crippen molar-refractivity contribution in [3.63, 3.8) is 0 Å². The highest BCUT2D eigenvalue weighted by Crippen LogP contribution is 2.38. The van der Waals surface area contributed by atoms with Crippen LogP contribution in [0.4, 0.5) is 0 Å². The van der Waals surface area contributed by atoms with Crippen molar-refractivity contribution in [1.82, 2.24) is 5.32 Å². The van der Waals surface area contributed by atoms with Crippen LogP contribution >= 0.6 is 7.82 Å². The quantitative estimate of drug-likeness (QED) is 0.0161. The molecule has 0 rings (SSSR count). The van der Waals surface area contributed by atoms with Crippen LogP contribution in [0.3, 0.4) is 0 Å². The fourth-order valence-corrected chi connectivity index (χ4v) is 9.04. The average molecular weight is 1030 g/mol. The molecule has 0 spiro atoms. The molecular formula is C62H113N2O7P. The molecule has 0 aliphatic carbocycles. The second-order valence-electron chi connectivity index (χ2n) is 21.2. The first-order chi connectivity index (χ1) is 34.9. The molecule has 1 amide bonds. The molecule has 0 aromatic carbocycles. The average Bonchev–Trinajstić information content (AvgIpc) is 3.34. The van der Waals surface area contributed by atoms with Crippen molar-refractivity contribution in [2.75, 3.05) is 40.9 Å². The predicted octanol–water partition coefficient (Wildman–Crippen LogP) is 17.4. The Morgan fingerprint density at radius 3 is 1.46 bits per heavy atom. The number of phosphoric acid groups is 1. The van der Waals surface area contributed by atoms with E-state index < -0.39 is 26.6 Å². The zero-order chi connectivity index (χ0) is 52.9. The van der Waals surface area contributed by atoms with Gasteiger partial charge < -0.3 is 28.5 Å². The number of likely N-dealkylation sites (N-methyl/N-ethyl adjacent to an activating group) is 1. The van der Waals surface area contributed by atoms with Gasteiger partial charge in [-0.15, -0.1) is 0 Å². The normalized spacial score (nSPS) is 14.3. The van der Waals surface area contributed by atoms with Crippen molar-refractivity contribution < 1.29 is 37.3 Å². The highest BCUT2D eigenvalue weighted by molar-refractivity contribution is 7.45. The fourth-order valence-electron chi connectivity index (χ4n) is 8.32. The van der Waals surface area contributed by atoms with Gasteiger partial charge in [0.1, 0.15) is 19.3 Å². The first-order valence-electron chi connectivity index (χ1n) is 29.8. The number of hydrogen-bond donors (Lipinski definition) is 1. The molecule has 10 heteroatoms. The summed E-state index contributed by atoms with van der Waals surface area (Å²) < 4.78 is 30.2. The number of hydrogen-bond acceptors (Lipinski definition) is 7. The summed E-state index contributed by atoms with van der Waals surface area (Å²) in [7, 11) is 1.17. The molecule has 0 bridgehead atoms. The summed E-state index contributed by atoms with van der Waals surface area (Å²) in [5, 5.41) is 3.02. The highest BCUT2D eigenvalue weighted by Gasteiger charge is 2.27. The fraction of sp³-hybridized carbons (Fsp3) is 0.774. The van der Waals surface area contributed by atoms with Crippen LogP contribution < -0.4 is 10.2 Å². The Labute approximate surface area is 444 Å². The Hall–Kier alpha value is -2.55. The molecule has 0 aromatic rings. The number of unbranched alkanes of at least 4 members (excludes halogenated alkanes) is 29. The van der Waals surface area contributed by atoms with Crippen LogP contribution in [0.2, 0.25) is 0 Å². The van der Waals surface area contributed by atoms with Gasteiger partial charge >= 0.3 is 5.97 Å². The Morgan fingerprint density at radius 1 is 0.514 bits per heavy atom. The Balaban J connectivity index is 5.25. The standard InChI is InChI=1S/C62H113N2O7P/c1-7-10-13-16-19-22-25-28-29-30-31-32-33-34-35-37-39-42-45-48-51-54-61(65)63-59(58-70-72(67,68)69-57-56-64(4,5)6)60(53-50-47-44-41-38-27-24-21-18-15-12-9-3)71-62(66)55-52-49-46-43-40-36-26-23-20-17-14-11-8-2/h11,14,17,19-20,22-23,26,28-29,50,53,59-60H,7-10,12-13,15-16,18,21,24-25,27,30-49,51-52,54-58H2,1-6H3,(H-,63,65,67,68)/b14-11+,20-17+,22-19-,26-23-,29-28-,53-50-. The second kappa shape index (κ2) is 51.9. The summed E-state index contributed by atoms with van der Waals surface area (Å²) in [5.41, 5.74) is 0. The molecule has 9 nitrogen and oxygen atoms in total. The number of quaternary nitrogens is 1. The van der Waals surface area contributed by atoms with Crippen LogP contribution in [-0.2, 0) is 27.9 Å². The monoisotopic (exact) mass is 1030 g/mol. The van der Waals surface area contributed by atoms with Gasteiger partial charge in [0.2, 0.25) is 5.91 Å². The third-order valence-corrected chi connectivity index (χ3v) is 13.9. The maximum absolute atomic E-state index is 13.5. The first kappa shape index (κ1) is 69.5. The molecule has 0 aromatic heterocycles. The number of carbonyl (C=O) groups is 2. The summed E-state index contributed by atoms with van der Waals surface area (Å²) >= 11 is 0. The van der Waals surface area contributed by atoms with E-state index in [4.69, 9.17) is 13.8 Å². The number of phosphoric ester groups is 1. The van der Waals surface area contributed by atoms with Gasteiger partial charge in [0.25, 0.3) is 7.82 Å². The van der Waals surface area contributed by atoms with E-state index in [1.807, 2.05) is 33.3 Å². The highest BCUT2D eigenvalue weighted by atomic mass is 31.2. The minimum atomic E-state index is -4.70. The van der Waals surface area contributed by atoms with E-state index in [-0.39, 0.29) is 24.9 Å². The van der Waals surface area contributed by atoms with Crippen molar-refractivity contribution >= 4 is 19.7 Å². The van der Waals surface area contributed by atoms with Crippen LogP contribution in [0.5, 0.6) is 0 Å². The van der Waals surface area contributed by atoms with Gasteiger partial charge in [0.15, 0.2) is 0 Å². The van der Waals surface area contributed by atoms with Crippen molar-refractivity contribution in [3.05, 3.63) is 72.9 Å². The zero-order valence-corrected chi connectivity index (χ0v) is 48.5. The molecule has 0 radical (unpaired) electrons. The summed E-state index contributed by atoms with van der Waals surface area (Å²) in [6.45, 7) is 6.67. The van der Waals surface area contributed by atoms with Crippen molar-refractivity contribution in [2.45, 2.75) is 270 Å². The van der Waals surface area contributed by atoms with Gasteiger partial charge in [-0.1, -0.05) is 235 Å². The van der Waals surface area contributed by atoms with E-state index in [0.29, 0.717) is 23.9 Å². The molecular weight excluding hydrogens is 916 g/mol. The molecule has 3 atom stereocenters. The van der Waals surface area contributed by atoms with Crippen LogP contribution in [0.25, 0.3) is 0 Å². The summed E-state index contributed by atoms with van der Waals surface area (Å²) in [4.78, 5) is 39.9. The smallest absolute Gasteiger partial charge is 0.306 e. The molecule has 0 saturated heterocycles. The topological polar surface area (TPSA) is 114 Å². The summed E-state index contributed by atoms with van der Waals surface area (Å²) in [5.74, 6) is -0.567. The molecule has 0 fully saturated rings. The molecule has 3 unspecified atom stereocenters. The predicted molar refractivity (Wildman–Crippen MR) is 307 cm³/mol. The SMILES string of the molecule is CC/C=C/C=C/C=C\CCCCCCCC(=O)OC(/C=C\CCCCCCCCCCCC)C(COP(=O)([O-])OCC[N+](C)(C)C)NC(=O)CCCCCCCCCCCCC/C=C\C/C=C\CCCCC. The van der Waals surface area contributed by atoms with E-state index in [1.165, 1.54) is 128 Å². The third kappa shape index (κ3) is 52.3. The van der Waals surface area contributed by atoms with E-state index in [9.17, 15) is 19.0 Å². The van der Waals surface area contributed by atoms with E-state index in [1.54, 1.807) is 0 Å². The van der Waals surface area contributed by atoms with E-state index in [0.717, 1.165) is 89.9 Å². The van der Waals surface area contributed by atoms with Crippen molar-refractivity contribution in [2.24, 2.45) is 0 Å². The molecule has 0 aliphatic rings. The van der Waals surface area contributed by atoms with Gasteiger partial charge in [-0.2, -0.15) is 0 Å². The number of amides is 1. The number of rotatable bonds is 53. The number of esters is 1. The van der Waals surface area contributed by atoms with Crippen LogP contribution in [0, 0.1) is 0 Å². The molecule has 418 valence electrons. The number of nitrogens with zero attached hydrogens (tertiary/aromatic N) is 1. The van der Waals surface area contributed by atoms with Gasteiger partial charge in [-0.05, 0) is 83.1 Å². The van der Waals surface area contributed by atoms with Crippen molar-refractivity contribution in [1.29, 1.82) is 0 Å². The van der Waals surface area contributed by atoms with E-state index in [2.05, 4.69) is 86.8 Å². The number of carbonyl (C=O) groups excluding carboxylic acids is 2. The maximum Gasteiger partial charge on any atom is 0.306 e. The van der Waals surface area contributed by atoms with Crippen LogP contribution in [-0.4, -0.2) is 69.4 Å². The van der Waals surface area contributed by atoms with Crippen LogP contribution in [0.1, 0.15) is 258 Å². The molecule has 1 N–H and O–H groups in total. The van der Waals surface area contributed by atoms with Crippen LogP contribution in [0.15, 0.2) is 72.9 Å². The first-order valence-corrected chi connectivity index (χ1v) is 31.2. The number of nitrogens with one attached hydrogen (secondary N) is 1.